The van der Waals surface area contributed by atoms with Crippen molar-refractivity contribution >= 4 is 5.97 Å². The van der Waals surface area contributed by atoms with E-state index in [4.69, 9.17) is 4.74 Å². The number of benzene rings is 1. The van der Waals surface area contributed by atoms with Crippen LogP contribution in [0.3, 0.4) is 0 Å². The van der Waals surface area contributed by atoms with Gasteiger partial charge < -0.3 is 4.74 Å². The third kappa shape index (κ3) is 2.02. The zero-order valence-corrected chi connectivity index (χ0v) is 9.20. The van der Waals surface area contributed by atoms with E-state index >= 15 is 0 Å². The van der Waals surface area contributed by atoms with Crippen molar-refractivity contribution in [2.45, 2.75) is 32.5 Å². The number of hydrogen-bond acceptors (Lipinski definition) is 3. The lowest BCUT2D eigenvalue weighted by Gasteiger charge is -2.25. The summed E-state index contributed by atoms with van der Waals surface area (Å²) in [7, 11) is 0. The summed E-state index contributed by atoms with van der Waals surface area (Å²) >= 11 is 0. The topological polar surface area (TPSA) is 38.3 Å². The second kappa shape index (κ2) is 3.35. The molecule has 1 aromatic rings. The van der Waals surface area contributed by atoms with Gasteiger partial charge in [0.05, 0.1) is 5.56 Å². The van der Waals surface area contributed by atoms with E-state index in [9.17, 15) is 4.79 Å². The number of carbonyl (C=O) groups excluding carboxylic acids is 1. The Morgan fingerprint density at radius 2 is 1.93 bits per heavy atom. The number of esters is 1. The van der Waals surface area contributed by atoms with Crippen LogP contribution < -0.4 is 5.32 Å². The zero-order chi connectivity index (χ0) is 11.1. The molecule has 3 nitrogen and oxygen atoms in total. The first-order chi connectivity index (χ1) is 6.97. The predicted molar refractivity (Wildman–Crippen MR) is 57.5 cm³/mol. The average Bonchev–Trinajstić information content (AvgIpc) is 2.42. The van der Waals surface area contributed by atoms with E-state index in [1.807, 2.05) is 39.0 Å². The van der Waals surface area contributed by atoms with E-state index in [1.165, 1.54) is 0 Å². The molecule has 0 radical (unpaired) electrons. The summed E-state index contributed by atoms with van der Waals surface area (Å²) in [5.74, 6) is -0.243. The fourth-order valence-electron chi connectivity index (χ4n) is 1.65. The largest absolute Gasteiger partial charge is 0.439 e. The lowest BCUT2D eigenvalue weighted by atomic mass is 10.1. The summed E-state index contributed by atoms with van der Waals surface area (Å²) < 4.78 is 5.26. The van der Waals surface area contributed by atoms with Crippen LogP contribution in [0.2, 0.25) is 0 Å². The van der Waals surface area contributed by atoms with Gasteiger partial charge in [-0.25, -0.2) is 4.79 Å². The molecule has 1 atom stereocenters. The van der Waals surface area contributed by atoms with Crippen molar-refractivity contribution in [3.05, 3.63) is 35.4 Å². The van der Waals surface area contributed by atoms with Gasteiger partial charge in [0, 0.05) is 11.1 Å². The average molecular weight is 205 g/mol. The van der Waals surface area contributed by atoms with Crippen molar-refractivity contribution in [1.29, 1.82) is 0 Å². The van der Waals surface area contributed by atoms with Crippen LogP contribution in [0.1, 0.15) is 42.9 Å². The number of ether oxygens (including phenoxy) is 1. The lowest BCUT2D eigenvalue weighted by Crippen LogP contribution is -2.38. The van der Waals surface area contributed by atoms with Gasteiger partial charge in [-0.2, -0.15) is 0 Å². The van der Waals surface area contributed by atoms with Crippen LogP contribution in [-0.4, -0.2) is 11.5 Å². The van der Waals surface area contributed by atoms with Gasteiger partial charge in [0.1, 0.15) is 0 Å². The molecule has 0 aliphatic carbocycles. The summed E-state index contributed by atoms with van der Waals surface area (Å²) in [6.07, 6.45) is -0.311. The van der Waals surface area contributed by atoms with Crippen LogP contribution in [0.4, 0.5) is 0 Å². The molecule has 0 aromatic heterocycles. The molecular weight excluding hydrogens is 190 g/mol. The van der Waals surface area contributed by atoms with Crippen molar-refractivity contribution in [2.24, 2.45) is 0 Å². The lowest BCUT2D eigenvalue weighted by molar-refractivity contribution is 0.0241. The predicted octanol–water partition coefficient (Wildman–Crippen LogP) is 2.24. The zero-order valence-electron chi connectivity index (χ0n) is 9.20. The third-order valence-electron chi connectivity index (χ3n) is 2.25. The van der Waals surface area contributed by atoms with E-state index in [0.29, 0.717) is 5.56 Å². The third-order valence-corrected chi connectivity index (χ3v) is 2.25. The number of nitrogens with one attached hydrogen (secondary N) is 1. The maximum atomic E-state index is 11.5. The van der Waals surface area contributed by atoms with Gasteiger partial charge >= 0.3 is 5.97 Å². The summed E-state index contributed by atoms with van der Waals surface area (Å²) in [5.41, 5.74) is 1.51. The normalized spacial score (nSPS) is 19.9. The highest BCUT2D eigenvalue weighted by Gasteiger charge is 2.32. The SMILES string of the molecule is CC(C)(C)NC1OC(=O)c2ccccc21. The molecule has 1 aliphatic rings. The van der Waals surface area contributed by atoms with Gasteiger partial charge in [-0.15, -0.1) is 0 Å². The Labute approximate surface area is 89.4 Å². The highest BCUT2D eigenvalue weighted by molar-refractivity contribution is 5.93. The van der Waals surface area contributed by atoms with Crippen LogP contribution in [0, 0.1) is 0 Å². The minimum atomic E-state index is -0.311. The summed E-state index contributed by atoms with van der Waals surface area (Å²) in [4.78, 5) is 11.5. The van der Waals surface area contributed by atoms with Gasteiger partial charge in [0.2, 0.25) is 0 Å². The van der Waals surface area contributed by atoms with E-state index in [2.05, 4.69) is 5.32 Å². The van der Waals surface area contributed by atoms with Gasteiger partial charge in [-0.1, -0.05) is 18.2 Å². The summed E-state index contributed by atoms with van der Waals surface area (Å²) in [6.45, 7) is 6.13. The Bertz CT molecular complexity index is 393. The van der Waals surface area contributed by atoms with E-state index in [0.717, 1.165) is 5.56 Å². The molecule has 0 bridgehead atoms. The van der Waals surface area contributed by atoms with Crippen LogP contribution >= 0.6 is 0 Å². The maximum absolute atomic E-state index is 11.5. The first kappa shape index (κ1) is 10.2. The molecule has 3 heteroatoms. The maximum Gasteiger partial charge on any atom is 0.340 e. The van der Waals surface area contributed by atoms with Gasteiger partial charge in [0.25, 0.3) is 0 Å². The molecule has 1 aliphatic heterocycles. The summed E-state index contributed by atoms with van der Waals surface area (Å²) in [6, 6.07) is 7.48. The molecule has 1 heterocycles. The number of cyclic esters (lactones) is 1. The van der Waals surface area contributed by atoms with E-state index < -0.39 is 0 Å². The van der Waals surface area contributed by atoms with Crippen molar-refractivity contribution < 1.29 is 9.53 Å². The molecule has 2 rings (SSSR count). The molecule has 0 spiro atoms. The second-order valence-electron chi connectivity index (χ2n) is 4.77. The van der Waals surface area contributed by atoms with Crippen molar-refractivity contribution in [2.75, 3.05) is 0 Å². The Morgan fingerprint density at radius 1 is 1.27 bits per heavy atom. The van der Waals surface area contributed by atoms with Crippen molar-refractivity contribution in [3.63, 3.8) is 0 Å². The molecule has 1 aromatic carbocycles. The van der Waals surface area contributed by atoms with Crippen LogP contribution in [-0.2, 0) is 4.74 Å². The van der Waals surface area contributed by atoms with E-state index in [-0.39, 0.29) is 17.7 Å². The van der Waals surface area contributed by atoms with Gasteiger partial charge in [0.15, 0.2) is 6.23 Å². The highest BCUT2D eigenvalue weighted by atomic mass is 16.6. The van der Waals surface area contributed by atoms with E-state index in [1.54, 1.807) is 6.07 Å². The summed E-state index contributed by atoms with van der Waals surface area (Å²) in [5, 5.41) is 3.26. The Hall–Kier alpha value is -1.35. The molecule has 0 saturated heterocycles. The molecule has 80 valence electrons. The molecule has 0 amide bonds. The number of carbonyl (C=O) groups is 1. The Kier molecular flexibility index (Phi) is 2.27. The van der Waals surface area contributed by atoms with Crippen LogP contribution in [0.25, 0.3) is 0 Å². The van der Waals surface area contributed by atoms with Gasteiger partial charge in [-0.3, -0.25) is 5.32 Å². The molecular formula is C12H15NO2. The number of rotatable bonds is 1. The molecule has 1 unspecified atom stereocenters. The van der Waals surface area contributed by atoms with Crippen LogP contribution in [0.15, 0.2) is 24.3 Å². The highest BCUT2D eigenvalue weighted by Crippen LogP contribution is 2.29. The Balaban J connectivity index is 2.29. The molecule has 1 N–H and O–H groups in total. The standard InChI is InChI=1S/C12H15NO2/c1-12(2,3)13-10-8-6-4-5-7-9(8)11(14)15-10/h4-7,10,13H,1-3H3. The smallest absolute Gasteiger partial charge is 0.340 e. The van der Waals surface area contributed by atoms with Gasteiger partial charge in [-0.05, 0) is 26.8 Å². The quantitative estimate of drug-likeness (QED) is 0.714. The second-order valence-corrected chi connectivity index (χ2v) is 4.77. The fraction of sp³-hybridized carbons (Fsp3) is 0.417. The molecule has 15 heavy (non-hydrogen) atoms. The minimum Gasteiger partial charge on any atom is -0.439 e. The number of hydrogen-bond donors (Lipinski definition) is 1. The monoisotopic (exact) mass is 205 g/mol. The first-order valence-corrected chi connectivity index (χ1v) is 5.05. The minimum absolute atomic E-state index is 0.0810. The number of fused-ring (bicyclic) bond motifs is 1. The van der Waals surface area contributed by atoms with Crippen LogP contribution in [0.5, 0.6) is 0 Å². The van der Waals surface area contributed by atoms with Crippen molar-refractivity contribution in [3.8, 4) is 0 Å². The fourth-order valence-corrected chi connectivity index (χ4v) is 1.65. The first-order valence-electron chi connectivity index (χ1n) is 5.05. The van der Waals surface area contributed by atoms with Crippen molar-refractivity contribution in [1.82, 2.24) is 5.32 Å². The molecule has 0 saturated carbocycles. The molecule has 0 fully saturated rings. The Morgan fingerprint density at radius 3 is 2.60 bits per heavy atom.